The molecule has 8 heteroatoms. The lowest BCUT2D eigenvalue weighted by atomic mass is 10.1. The lowest BCUT2D eigenvalue weighted by Gasteiger charge is -2.18. The molecule has 1 amide bonds. The molecule has 0 saturated carbocycles. The maximum Gasteiger partial charge on any atom is 0.409 e. The summed E-state index contributed by atoms with van der Waals surface area (Å²) in [6.45, 7) is 4.02. The lowest BCUT2D eigenvalue weighted by molar-refractivity contribution is 0.109. The molecule has 162 valence electrons. The molecule has 4 rings (SSSR count). The quantitative estimate of drug-likeness (QED) is 0.660. The van der Waals surface area contributed by atoms with Crippen molar-refractivity contribution in [3.63, 3.8) is 0 Å². The van der Waals surface area contributed by atoms with E-state index >= 15 is 0 Å². The third-order valence-corrected chi connectivity index (χ3v) is 5.34. The molecule has 0 bridgehead atoms. The Morgan fingerprint density at radius 1 is 1.13 bits per heavy atom. The number of carbonyl (C=O) groups excluding carboxylic acids is 1. The topological polar surface area (TPSA) is 85.2 Å². The zero-order valence-electron chi connectivity index (χ0n) is 18.0. The van der Waals surface area contributed by atoms with Gasteiger partial charge in [0.25, 0.3) is 0 Å². The molecule has 8 nitrogen and oxygen atoms in total. The van der Waals surface area contributed by atoms with Crippen molar-refractivity contribution in [2.45, 2.75) is 32.7 Å². The maximum absolute atomic E-state index is 12.3. The van der Waals surface area contributed by atoms with Gasteiger partial charge in [-0.15, -0.1) is 0 Å². The number of ether oxygens (including phenoxy) is 1. The van der Waals surface area contributed by atoms with E-state index in [0.717, 1.165) is 28.5 Å². The Bertz CT molecular complexity index is 1030. The van der Waals surface area contributed by atoms with E-state index in [-0.39, 0.29) is 6.09 Å². The molecule has 31 heavy (non-hydrogen) atoms. The first-order valence-electron chi connectivity index (χ1n) is 10.7. The monoisotopic (exact) mass is 420 g/mol. The van der Waals surface area contributed by atoms with E-state index in [1.165, 1.54) is 5.56 Å². The average Bonchev–Trinajstić information content (AvgIpc) is 3.06. The van der Waals surface area contributed by atoms with Crippen molar-refractivity contribution in [1.82, 2.24) is 24.6 Å². The number of fused-ring (bicyclic) bond motifs is 1. The van der Waals surface area contributed by atoms with Gasteiger partial charge >= 0.3 is 6.09 Å². The summed E-state index contributed by atoms with van der Waals surface area (Å²) in [5, 5.41) is 7.72. The minimum absolute atomic E-state index is 0.266. The van der Waals surface area contributed by atoms with E-state index in [1.54, 1.807) is 9.58 Å². The molecule has 2 aromatic heterocycles. The second kappa shape index (κ2) is 9.59. The number of hydrogen-bond donors (Lipinski definition) is 1. The Balaban J connectivity index is 1.60. The van der Waals surface area contributed by atoms with Crippen LogP contribution in [0.5, 0.6) is 0 Å². The van der Waals surface area contributed by atoms with E-state index in [9.17, 15) is 4.79 Å². The van der Waals surface area contributed by atoms with Crippen LogP contribution in [0, 0.1) is 0 Å². The molecule has 0 saturated heterocycles. The predicted octanol–water partition coefficient (Wildman–Crippen LogP) is 2.97. The summed E-state index contributed by atoms with van der Waals surface area (Å²) in [7, 11) is 1.90. The Morgan fingerprint density at radius 3 is 2.68 bits per heavy atom. The van der Waals surface area contributed by atoms with Gasteiger partial charge in [0, 0.05) is 56.8 Å². The van der Waals surface area contributed by atoms with Crippen LogP contribution in [0.3, 0.4) is 0 Å². The normalized spacial score (nSPS) is 13.4. The first kappa shape index (κ1) is 20.8. The molecule has 0 unspecified atom stereocenters. The number of carbonyl (C=O) groups is 1. The van der Waals surface area contributed by atoms with Crippen LogP contribution in [-0.2, 0) is 37.6 Å². The summed E-state index contributed by atoms with van der Waals surface area (Å²) in [5.74, 6) is 1.62. The number of nitrogens with zero attached hydrogens (tertiary/aromatic N) is 5. The van der Waals surface area contributed by atoms with Crippen LogP contribution >= 0.6 is 0 Å². The molecule has 1 aromatic carbocycles. The van der Waals surface area contributed by atoms with Gasteiger partial charge in [-0.2, -0.15) is 5.10 Å². The molecule has 0 aliphatic carbocycles. The smallest absolute Gasteiger partial charge is 0.409 e. The SMILES string of the molecule is CCOC(=O)N1CCc2nc(Cc3ccccc3)nc(NCc3cnn(C)c3)c2CC1. The summed E-state index contributed by atoms with van der Waals surface area (Å²) < 4.78 is 6.99. The Kier molecular flexibility index (Phi) is 6.45. The number of aromatic nitrogens is 4. The Morgan fingerprint density at radius 2 is 1.94 bits per heavy atom. The van der Waals surface area contributed by atoms with E-state index in [0.29, 0.717) is 45.5 Å². The molecule has 0 spiro atoms. The van der Waals surface area contributed by atoms with E-state index in [1.807, 2.05) is 44.6 Å². The van der Waals surface area contributed by atoms with Crippen molar-refractivity contribution in [3.8, 4) is 0 Å². The molecular formula is C23H28N6O2. The Hall–Kier alpha value is -3.42. The molecule has 1 N–H and O–H groups in total. The zero-order valence-corrected chi connectivity index (χ0v) is 18.0. The summed E-state index contributed by atoms with van der Waals surface area (Å²) in [4.78, 5) is 23.8. The molecule has 0 atom stereocenters. The first-order valence-corrected chi connectivity index (χ1v) is 10.7. The fourth-order valence-corrected chi connectivity index (χ4v) is 3.80. The van der Waals surface area contributed by atoms with Gasteiger partial charge in [0.05, 0.1) is 18.5 Å². The minimum atomic E-state index is -0.266. The third-order valence-electron chi connectivity index (χ3n) is 5.34. The van der Waals surface area contributed by atoms with Gasteiger partial charge in [-0.3, -0.25) is 4.68 Å². The lowest BCUT2D eigenvalue weighted by Crippen LogP contribution is -2.33. The number of aryl methyl sites for hydroxylation is 1. The fourth-order valence-electron chi connectivity index (χ4n) is 3.80. The van der Waals surface area contributed by atoms with Crippen molar-refractivity contribution in [3.05, 3.63) is 70.9 Å². The van der Waals surface area contributed by atoms with Crippen LogP contribution in [0.15, 0.2) is 42.7 Å². The number of benzene rings is 1. The van der Waals surface area contributed by atoms with Crippen molar-refractivity contribution < 1.29 is 9.53 Å². The number of nitrogens with one attached hydrogen (secondary N) is 1. The number of anilines is 1. The molecule has 1 aliphatic rings. The third kappa shape index (κ3) is 5.20. The minimum Gasteiger partial charge on any atom is -0.450 e. The highest BCUT2D eigenvalue weighted by Gasteiger charge is 2.23. The molecule has 3 heterocycles. The van der Waals surface area contributed by atoms with Gasteiger partial charge in [0.1, 0.15) is 11.6 Å². The average molecular weight is 421 g/mol. The highest BCUT2D eigenvalue weighted by molar-refractivity contribution is 5.68. The van der Waals surface area contributed by atoms with E-state index < -0.39 is 0 Å². The summed E-state index contributed by atoms with van der Waals surface area (Å²) >= 11 is 0. The highest BCUT2D eigenvalue weighted by Crippen LogP contribution is 2.23. The van der Waals surface area contributed by atoms with Gasteiger partial charge in [-0.25, -0.2) is 14.8 Å². The summed E-state index contributed by atoms with van der Waals surface area (Å²) in [5.41, 5.74) is 4.33. The van der Waals surface area contributed by atoms with Gasteiger partial charge in [-0.05, 0) is 18.9 Å². The van der Waals surface area contributed by atoms with Crippen LogP contribution < -0.4 is 5.32 Å². The first-order chi connectivity index (χ1) is 15.1. The second-order valence-electron chi connectivity index (χ2n) is 7.64. The number of hydrogen-bond acceptors (Lipinski definition) is 6. The molecule has 0 fully saturated rings. The van der Waals surface area contributed by atoms with Crippen molar-refractivity contribution in [2.24, 2.45) is 7.05 Å². The van der Waals surface area contributed by atoms with Crippen LogP contribution in [0.25, 0.3) is 0 Å². The van der Waals surface area contributed by atoms with Gasteiger partial charge < -0.3 is 15.0 Å². The summed E-state index contributed by atoms with van der Waals surface area (Å²) in [6, 6.07) is 10.2. The second-order valence-corrected chi connectivity index (χ2v) is 7.64. The van der Waals surface area contributed by atoms with Crippen molar-refractivity contribution in [2.75, 3.05) is 25.0 Å². The van der Waals surface area contributed by atoms with Gasteiger partial charge in [0.15, 0.2) is 0 Å². The largest absolute Gasteiger partial charge is 0.450 e. The predicted molar refractivity (Wildman–Crippen MR) is 118 cm³/mol. The van der Waals surface area contributed by atoms with Crippen LogP contribution in [0.2, 0.25) is 0 Å². The molecule has 3 aromatic rings. The van der Waals surface area contributed by atoms with Gasteiger partial charge in [-0.1, -0.05) is 30.3 Å². The van der Waals surface area contributed by atoms with Crippen LogP contribution in [0.4, 0.5) is 10.6 Å². The zero-order chi connectivity index (χ0) is 21.6. The molecule has 1 aliphatic heterocycles. The van der Waals surface area contributed by atoms with E-state index in [2.05, 4.69) is 22.5 Å². The molecular weight excluding hydrogens is 392 g/mol. The van der Waals surface area contributed by atoms with E-state index in [4.69, 9.17) is 14.7 Å². The summed E-state index contributed by atoms with van der Waals surface area (Å²) in [6.07, 6.45) is 5.60. The maximum atomic E-state index is 12.3. The van der Waals surface area contributed by atoms with Crippen LogP contribution in [-0.4, -0.2) is 50.4 Å². The molecule has 0 radical (unpaired) electrons. The fraction of sp³-hybridized carbons (Fsp3) is 0.391. The number of rotatable bonds is 6. The van der Waals surface area contributed by atoms with Gasteiger partial charge in [0.2, 0.25) is 0 Å². The number of amides is 1. The van der Waals surface area contributed by atoms with Crippen LogP contribution in [0.1, 0.15) is 35.1 Å². The van der Waals surface area contributed by atoms with Crippen molar-refractivity contribution in [1.29, 1.82) is 0 Å². The van der Waals surface area contributed by atoms with Crippen molar-refractivity contribution >= 4 is 11.9 Å². The standard InChI is InChI=1S/C23H28N6O2/c1-3-31-23(30)29-11-9-19-20(10-12-29)26-21(13-17-7-5-4-6-8-17)27-22(19)24-14-18-15-25-28(2)16-18/h4-8,15-16H,3,9-14H2,1-2H3,(H,24,26,27). The Labute approximate surface area is 182 Å². The highest BCUT2D eigenvalue weighted by atomic mass is 16.6.